The Bertz CT molecular complexity index is 543. The molecule has 2 nitrogen and oxygen atoms in total. The van der Waals surface area contributed by atoms with E-state index in [9.17, 15) is 0 Å². The van der Waals surface area contributed by atoms with Gasteiger partial charge in [0, 0.05) is 30.9 Å². The first kappa shape index (κ1) is 15.3. The van der Waals surface area contributed by atoms with Crippen LogP contribution in [-0.2, 0) is 6.42 Å². The van der Waals surface area contributed by atoms with Gasteiger partial charge >= 0.3 is 0 Å². The maximum atomic E-state index is 6.08. The fourth-order valence-electron chi connectivity index (χ4n) is 2.15. The Morgan fingerprint density at radius 3 is 2.65 bits per heavy atom. The van der Waals surface area contributed by atoms with Crippen LogP contribution in [0.1, 0.15) is 30.6 Å². The lowest BCUT2D eigenvalue weighted by Crippen LogP contribution is -2.23. The van der Waals surface area contributed by atoms with E-state index in [0.717, 1.165) is 25.1 Å². The number of nitrogens with zero attached hydrogens (tertiary/aromatic N) is 1. The van der Waals surface area contributed by atoms with E-state index < -0.39 is 0 Å². The highest BCUT2D eigenvalue weighted by Crippen LogP contribution is 2.26. The minimum Gasteiger partial charge on any atom is -0.310 e. The summed E-state index contributed by atoms with van der Waals surface area (Å²) in [7, 11) is 0. The van der Waals surface area contributed by atoms with E-state index in [0.29, 0.717) is 10.0 Å². The molecule has 1 N–H and O–H groups in total. The molecule has 1 aromatic heterocycles. The van der Waals surface area contributed by atoms with E-state index in [1.54, 1.807) is 0 Å². The molecule has 0 spiro atoms. The van der Waals surface area contributed by atoms with Gasteiger partial charge in [-0.1, -0.05) is 42.3 Å². The topological polar surface area (TPSA) is 24.9 Å². The zero-order valence-corrected chi connectivity index (χ0v) is 13.0. The van der Waals surface area contributed by atoms with Crippen molar-refractivity contribution >= 4 is 23.2 Å². The zero-order valence-electron chi connectivity index (χ0n) is 11.4. The predicted octanol–water partition coefficient (Wildman–Crippen LogP) is 4.67. The second-order valence-electron chi connectivity index (χ2n) is 4.66. The van der Waals surface area contributed by atoms with Crippen molar-refractivity contribution in [3.8, 4) is 0 Å². The van der Waals surface area contributed by atoms with Gasteiger partial charge in [-0.2, -0.15) is 0 Å². The maximum absolute atomic E-state index is 6.08. The van der Waals surface area contributed by atoms with Crippen molar-refractivity contribution in [3.63, 3.8) is 0 Å². The normalized spacial score (nSPS) is 12.3. The molecule has 0 radical (unpaired) electrons. The third kappa shape index (κ3) is 4.20. The number of nitrogens with one attached hydrogen (secondary N) is 1. The van der Waals surface area contributed by atoms with E-state index >= 15 is 0 Å². The van der Waals surface area contributed by atoms with Crippen LogP contribution in [0, 0.1) is 0 Å². The Labute approximate surface area is 130 Å². The van der Waals surface area contributed by atoms with E-state index in [1.807, 2.05) is 42.6 Å². The molecular formula is C16H18Cl2N2. The third-order valence-corrected chi connectivity index (χ3v) is 3.99. The van der Waals surface area contributed by atoms with Crippen LogP contribution in [0.15, 0.2) is 42.6 Å². The van der Waals surface area contributed by atoms with Crippen molar-refractivity contribution in [2.75, 3.05) is 6.54 Å². The molecule has 0 aliphatic heterocycles. The first-order valence-electron chi connectivity index (χ1n) is 6.79. The summed E-state index contributed by atoms with van der Waals surface area (Å²) >= 11 is 12.0. The lowest BCUT2D eigenvalue weighted by molar-refractivity contribution is 0.521. The molecule has 106 valence electrons. The molecule has 0 saturated heterocycles. The fraction of sp³-hybridized carbons (Fsp3) is 0.312. The highest BCUT2D eigenvalue weighted by atomic mass is 35.5. The number of rotatable bonds is 6. The van der Waals surface area contributed by atoms with Gasteiger partial charge in [0.1, 0.15) is 0 Å². The van der Waals surface area contributed by atoms with Gasteiger partial charge in [-0.3, -0.25) is 4.98 Å². The smallest absolute Gasteiger partial charge is 0.0595 e. The zero-order chi connectivity index (χ0) is 14.4. The molecule has 1 heterocycles. The van der Waals surface area contributed by atoms with Crippen LogP contribution in [0.4, 0.5) is 0 Å². The number of hydrogen-bond donors (Lipinski definition) is 1. The SMILES string of the molecule is CCC(NCCc1ccccn1)c1ccc(Cl)c(Cl)c1. The number of hydrogen-bond acceptors (Lipinski definition) is 2. The Balaban J connectivity index is 1.93. The summed E-state index contributed by atoms with van der Waals surface area (Å²) in [6.07, 6.45) is 3.74. The predicted molar refractivity (Wildman–Crippen MR) is 85.4 cm³/mol. The second kappa shape index (κ2) is 7.63. The van der Waals surface area contributed by atoms with Crippen molar-refractivity contribution in [1.29, 1.82) is 0 Å². The minimum absolute atomic E-state index is 0.286. The van der Waals surface area contributed by atoms with E-state index in [2.05, 4.69) is 17.2 Å². The first-order chi connectivity index (χ1) is 9.70. The second-order valence-corrected chi connectivity index (χ2v) is 5.47. The van der Waals surface area contributed by atoms with Gasteiger partial charge < -0.3 is 5.32 Å². The Hall–Kier alpha value is -1.09. The molecule has 4 heteroatoms. The van der Waals surface area contributed by atoms with Crippen LogP contribution >= 0.6 is 23.2 Å². The Morgan fingerprint density at radius 1 is 1.15 bits per heavy atom. The Morgan fingerprint density at radius 2 is 2.00 bits per heavy atom. The van der Waals surface area contributed by atoms with Crippen LogP contribution < -0.4 is 5.32 Å². The van der Waals surface area contributed by atoms with Crippen molar-refractivity contribution < 1.29 is 0 Å². The largest absolute Gasteiger partial charge is 0.310 e. The number of aromatic nitrogens is 1. The van der Waals surface area contributed by atoms with Crippen LogP contribution in [0.2, 0.25) is 10.0 Å². The van der Waals surface area contributed by atoms with E-state index in [-0.39, 0.29) is 6.04 Å². The van der Waals surface area contributed by atoms with Gasteiger partial charge in [0.2, 0.25) is 0 Å². The van der Waals surface area contributed by atoms with Gasteiger partial charge in [0.05, 0.1) is 10.0 Å². The van der Waals surface area contributed by atoms with Crippen LogP contribution in [0.5, 0.6) is 0 Å². The summed E-state index contributed by atoms with van der Waals surface area (Å²) in [5.41, 5.74) is 2.27. The Kier molecular flexibility index (Phi) is 5.84. The van der Waals surface area contributed by atoms with Crippen molar-refractivity contribution in [3.05, 3.63) is 63.9 Å². The molecular weight excluding hydrogens is 291 g/mol. The highest BCUT2D eigenvalue weighted by Gasteiger charge is 2.10. The molecule has 1 unspecified atom stereocenters. The van der Waals surface area contributed by atoms with E-state index in [4.69, 9.17) is 23.2 Å². The summed E-state index contributed by atoms with van der Waals surface area (Å²) in [6.45, 7) is 3.04. The third-order valence-electron chi connectivity index (χ3n) is 3.25. The number of pyridine rings is 1. The van der Waals surface area contributed by atoms with Crippen molar-refractivity contribution in [1.82, 2.24) is 10.3 Å². The average molecular weight is 309 g/mol. The molecule has 0 aliphatic carbocycles. The molecule has 1 atom stereocenters. The lowest BCUT2D eigenvalue weighted by Gasteiger charge is -2.18. The number of halogens is 2. The molecule has 0 fully saturated rings. The summed E-state index contributed by atoms with van der Waals surface area (Å²) in [6, 6.07) is 12.1. The number of benzene rings is 1. The van der Waals surface area contributed by atoms with Gasteiger partial charge in [-0.15, -0.1) is 0 Å². The van der Waals surface area contributed by atoms with Gasteiger partial charge in [0.15, 0.2) is 0 Å². The molecule has 0 bridgehead atoms. The van der Waals surface area contributed by atoms with Crippen molar-refractivity contribution in [2.24, 2.45) is 0 Å². The van der Waals surface area contributed by atoms with Crippen LogP contribution in [0.3, 0.4) is 0 Å². The monoisotopic (exact) mass is 308 g/mol. The lowest BCUT2D eigenvalue weighted by atomic mass is 10.0. The quantitative estimate of drug-likeness (QED) is 0.838. The average Bonchev–Trinajstić information content (AvgIpc) is 2.48. The molecule has 2 aromatic rings. The van der Waals surface area contributed by atoms with Crippen LogP contribution in [0.25, 0.3) is 0 Å². The summed E-state index contributed by atoms with van der Waals surface area (Å²) < 4.78 is 0. The van der Waals surface area contributed by atoms with Gasteiger partial charge in [0.25, 0.3) is 0 Å². The molecule has 0 saturated carbocycles. The van der Waals surface area contributed by atoms with Gasteiger partial charge in [-0.05, 0) is 36.2 Å². The minimum atomic E-state index is 0.286. The molecule has 0 amide bonds. The van der Waals surface area contributed by atoms with Gasteiger partial charge in [-0.25, -0.2) is 0 Å². The summed E-state index contributed by atoms with van der Waals surface area (Å²) in [5, 5.41) is 4.74. The van der Waals surface area contributed by atoms with Crippen molar-refractivity contribution in [2.45, 2.75) is 25.8 Å². The van der Waals surface area contributed by atoms with E-state index in [1.165, 1.54) is 5.56 Å². The highest BCUT2D eigenvalue weighted by molar-refractivity contribution is 6.42. The molecule has 20 heavy (non-hydrogen) atoms. The standard InChI is InChI=1S/C16H18Cl2N2/c1-2-16(12-6-7-14(17)15(18)11-12)20-10-8-13-5-3-4-9-19-13/h3-7,9,11,16,20H,2,8,10H2,1H3. The first-order valence-corrected chi connectivity index (χ1v) is 7.54. The molecule has 2 rings (SSSR count). The molecule has 1 aromatic carbocycles. The summed E-state index contributed by atoms with van der Waals surface area (Å²) in [5.74, 6) is 0. The maximum Gasteiger partial charge on any atom is 0.0595 e. The fourth-order valence-corrected chi connectivity index (χ4v) is 2.45. The molecule has 0 aliphatic rings. The summed E-state index contributed by atoms with van der Waals surface area (Å²) in [4.78, 5) is 4.32. The van der Waals surface area contributed by atoms with Crippen LogP contribution in [-0.4, -0.2) is 11.5 Å².